The van der Waals surface area contributed by atoms with E-state index in [1.165, 1.54) is 38.4 Å². The molecule has 0 aromatic heterocycles. The van der Waals surface area contributed by atoms with Crippen LogP contribution in [0.2, 0.25) is 0 Å². The normalized spacial score (nSPS) is 14.9. The van der Waals surface area contributed by atoms with Gasteiger partial charge in [-0.3, -0.25) is 9.63 Å². The Bertz CT molecular complexity index is 973. The molecule has 1 aliphatic rings. The summed E-state index contributed by atoms with van der Waals surface area (Å²) in [6, 6.07) is 12.4. The van der Waals surface area contributed by atoms with Crippen molar-refractivity contribution in [3.63, 3.8) is 0 Å². The lowest BCUT2D eigenvalue weighted by molar-refractivity contribution is -0.0258. The summed E-state index contributed by atoms with van der Waals surface area (Å²) >= 11 is 0. The summed E-state index contributed by atoms with van der Waals surface area (Å²) < 4.78 is 39.0. The minimum atomic E-state index is -3.84. The summed E-state index contributed by atoms with van der Waals surface area (Å²) in [6.07, 6.45) is 4.60. The number of carbonyl (C=O) groups excluding carboxylic acids is 1. The molecular weight excluding hydrogens is 407 g/mol. The molecule has 0 aliphatic heterocycles. The lowest BCUT2D eigenvalue weighted by Gasteiger charge is -2.29. The third kappa shape index (κ3) is 5.06. The van der Waals surface area contributed by atoms with Gasteiger partial charge in [-0.1, -0.05) is 35.5 Å². The molecule has 6 nitrogen and oxygen atoms in total. The number of benzene rings is 2. The lowest BCUT2D eigenvalue weighted by Crippen LogP contribution is -2.40. The number of sulfonamides is 1. The molecule has 0 atom stereocenters. The second kappa shape index (κ2) is 9.68. The topological polar surface area (TPSA) is 66.9 Å². The van der Waals surface area contributed by atoms with E-state index in [0.717, 1.165) is 35.7 Å². The Morgan fingerprint density at radius 1 is 1.13 bits per heavy atom. The van der Waals surface area contributed by atoms with E-state index in [2.05, 4.69) is 0 Å². The highest BCUT2D eigenvalue weighted by Gasteiger charge is 2.28. The van der Waals surface area contributed by atoms with Crippen LogP contribution in [0, 0.1) is 5.82 Å². The van der Waals surface area contributed by atoms with Gasteiger partial charge in [0.15, 0.2) is 0 Å². The Labute approximate surface area is 177 Å². The Kier molecular flexibility index (Phi) is 7.23. The van der Waals surface area contributed by atoms with Gasteiger partial charge in [0.1, 0.15) is 5.82 Å². The highest BCUT2D eigenvalue weighted by atomic mass is 32.2. The van der Waals surface area contributed by atoms with E-state index in [1.54, 1.807) is 24.3 Å². The molecular formula is C22H27FN2O4S. The minimum Gasteiger partial charge on any atom is -0.335 e. The maximum Gasteiger partial charge on any atom is 0.264 e. The number of amides is 1. The van der Waals surface area contributed by atoms with Gasteiger partial charge in [0.2, 0.25) is 0 Å². The van der Waals surface area contributed by atoms with Gasteiger partial charge < -0.3 is 4.90 Å². The number of rotatable bonds is 8. The van der Waals surface area contributed by atoms with Crippen LogP contribution in [0.1, 0.15) is 41.6 Å². The zero-order valence-electron chi connectivity index (χ0n) is 17.3. The smallest absolute Gasteiger partial charge is 0.264 e. The van der Waals surface area contributed by atoms with Crippen LogP contribution in [0.3, 0.4) is 0 Å². The molecule has 0 bridgehead atoms. The van der Waals surface area contributed by atoms with Gasteiger partial charge >= 0.3 is 0 Å². The number of halogens is 1. The van der Waals surface area contributed by atoms with Gasteiger partial charge in [-0.15, -0.1) is 0 Å². The molecule has 8 heteroatoms. The SMILES string of the molecule is CON(C)S(=O)(=O)c1cccc(C(=O)N(CCc2ccc(F)cc2)C2CCCC2)c1. The first kappa shape index (κ1) is 22.4. The van der Waals surface area contributed by atoms with Crippen molar-refractivity contribution in [2.45, 2.75) is 43.0 Å². The molecule has 0 saturated heterocycles. The molecule has 30 heavy (non-hydrogen) atoms. The standard InChI is InChI=1S/C22H27FN2O4S/c1-24(29-2)30(27,28)21-9-5-6-18(16-21)22(26)25(20-7-3-4-8-20)15-14-17-10-12-19(23)13-11-17/h5-6,9-13,16,20H,3-4,7-8,14-15H2,1-2H3. The Morgan fingerprint density at radius 3 is 2.43 bits per heavy atom. The maximum absolute atomic E-state index is 13.4. The zero-order valence-corrected chi connectivity index (χ0v) is 18.1. The molecule has 0 unspecified atom stereocenters. The summed E-state index contributed by atoms with van der Waals surface area (Å²) in [5.74, 6) is -0.484. The van der Waals surface area contributed by atoms with Crippen molar-refractivity contribution in [3.05, 3.63) is 65.5 Å². The number of carbonyl (C=O) groups is 1. The quantitative estimate of drug-likeness (QED) is 0.595. The lowest BCUT2D eigenvalue weighted by atomic mass is 10.1. The van der Waals surface area contributed by atoms with Gasteiger partial charge in [-0.25, -0.2) is 12.8 Å². The van der Waals surface area contributed by atoms with E-state index >= 15 is 0 Å². The average molecular weight is 435 g/mol. The molecule has 1 aliphatic carbocycles. The van der Waals surface area contributed by atoms with E-state index in [1.807, 2.05) is 4.90 Å². The predicted octanol–water partition coefficient (Wildman–Crippen LogP) is 3.64. The van der Waals surface area contributed by atoms with E-state index < -0.39 is 10.0 Å². The van der Waals surface area contributed by atoms with Crippen LogP contribution in [0.5, 0.6) is 0 Å². The molecule has 0 radical (unpaired) electrons. The van der Waals surface area contributed by atoms with Crippen molar-refractivity contribution in [1.29, 1.82) is 0 Å². The molecule has 1 saturated carbocycles. The Morgan fingerprint density at radius 2 is 1.80 bits per heavy atom. The number of hydrogen-bond donors (Lipinski definition) is 0. The summed E-state index contributed by atoms with van der Waals surface area (Å²) in [7, 11) is -1.27. The molecule has 2 aromatic rings. The molecule has 3 rings (SSSR count). The molecule has 2 aromatic carbocycles. The van der Waals surface area contributed by atoms with Crippen molar-refractivity contribution in [2.24, 2.45) is 0 Å². The van der Waals surface area contributed by atoms with Crippen LogP contribution in [0.25, 0.3) is 0 Å². The highest BCUT2D eigenvalue weighted by Crippen LogP contribution is 2.26. The fourth-order valence-corrected chi connectivity index (χ4v) is 4.79. The fourth-order valence-electron chi connectivity index (χ4n) is 3.77. The van der Waals surface area contributed by atoms with Gasteiger partial charge in [0.05, 0.1) is 12.0 Å². The predicted molar refractivity (Wildman–Crippen MR) is 112 cm³/mol. The average Bonchev–Trinajstić information content (AvgIpc) is 3.29. The van der Waals surface area contributed by atoms with E-state index in [-0.39, 0.29) is 22.7 Å². The third-order valence-corrected chi connectivity index (χ3v) is 7.23. The molecule has 162 valence electrons. The van der Waals surface area contributed by atoms with Gasteiger partial charge in [-0.05, 0) is 55.2 Å². The first-order chi connectivity index (χ1) is 14.3. The van der Waals surface area contributed by atoms with Crippen molar-refractivity contribution in [1.82, 2.24) is 9.37 Å². The summed E-state index contributed by atoms with van der Waals surface area (Å²) in [4.78, 5) is 20.0. The van der Waals surface area contributed by atoms with Gasteiger partial charge in [0, 0.05) is 25.2 Å². The van der Waals surface area contributed by atoms with E-state index in [9.17, 15) is 17.6 Å². The first-order valence-electron chi connectivity index (χ1n) is 10.0. The Hall–Kier alpha value is -2.29. The Balaban J connectivity index is 1.84. The molecule has 1 amide bonds. The molecule has 0 N–H and O–H groups in total. The maximum atomic E-state index is 13.4. The monoisotopic (exact) mass is 434 g/mol. The fraction of sp³-hybridized carbons (Fsp3) is 0.409. The van der Waals surface area contributed by atoms with Gasteiger partial charge in [0.25, 0.3) is 15.9 Å². The molecule has 0 heterocycles. The molecule has 0 spiro atoms. The van der Waals surface area contributed by atoms with Crippen LogP contribution in [-0.2, 0) is 21.3 Å². The van der Waals surface area contributed by atoms with Crippen LogP contribution in [0.4, 0.5) is 4.39 Å². The third-order valence-electron chi connectivity index (χ3n) is 5.56. The summed E-state index contributed by atoms with van der Waals surface area (Å²) in [5.41, 5.74) is 1.27. The van der Waals surface area contributed by atoms with Gasteiger partial charge in [-0.2, -0.15) is 0 Å². The minimum absolute atomic E-state index is 0.00241. The van der Waals surface area contributed by atoms with E-state index in [4.69, 9.17) is 4.84 Å². The van der Waals surface area contributed by atoms with Crippen LogP contribution in [0.15, 0.2) is 53.4 Å². The van der Waals surface area contributed by atoms with E-state index in [0.29, 0.717) is 18.5 Å². The second-order valence-electron chi connectivity index (χ2n) is 7.44. The van der Waals surface area contributed by atoms with Crippen LogP contribution in [-0.4, -0.2) is 50.4 Å². The van der Waals surface area contributed by atoms with Crippen LogP contribution >= 0.6 is 0 Å². The number of nitrogens with zero attached hydrogens (tertiary/aromatic N) is 2. The van der Waals surface area contributed by atoms with Crippen LogP contribution < -0.4 is 0 Å². The number of hydrogen-bond acceptors (Lipinski definition) is 4. The zero-order chi connectivity index (χ0) is 21.7. The van der Waals surface area contributed by atoms with Crippen molar-refractivity contribution >= 4 is 15.9 Å². The largest absolute Gasteiger partial charge is 0.335 e. The summed E-state index contributed by atoms with van der Waals surface area (Å²) in [6.45, 7) is 0.490. The second-order valence-corrected chi connectivity index (χ2v) is 9.37. The van der Waals surface area contributed by atoms with Crippen molar-refractivity contribution in [2.75, 3.05) is 20.7 Å². The number of hydroxylamine groups is 1. The highest BCUT2D eigenvalue weighted by molar-refractivity contribution is 7.89. The summed E-state index contributed by atoms with van der Waals surface area (Å²) in [5, 5.41) is 0. The molecule has 1 fully saturated rings. The first-order valence-corrected chi connectivity index (χ1v) is 11.5. The van der Waals surface area contributed by atoms with Crippen molar-refractivity contribution in [3.8, 4) is 0 Å². The van der Waals surface area contributed by atoms with Crippen molar-refractivity contribution < 1.29 is 22.4 Å².